The van der Waals surface area contributed by atoms with E-state index in [0.717, 1.165) is 18.2 Å². The second kappa shape index (κ2) is 6.70. The number of nitrogens with zero attached hydrogens (tertiary/aromatic N) is 2. The van der Waals surface area contributed by atoms with Crippen molar-refractivity contribution in [3.05, 3.63) is 40.0 Å². The molecular formula is C14H18N2O4. The molecule has 0 radical (unpaired) electrons. The summed E-state index contributed by atoms with van der Waals surface area (Å²) in [5.41, 5.74) is 0.990. The van der Waals surface area contributed by atoms with Gasteiger partial charge in [0.1, 0.15) is 0 Å². The Labute approximate surface area is 117 Å². The number of carboxylic acids is 1. The van der Waals surface area contributed by atoms with Gasteiger partial charge in [-0.1, -0.05) is 6.92 Å². The zero-order valence-corrected chi connectivity index (χ0v) is 11.7. The van der Waals surface area contributed by atoms with Crippen molar-refractivity contribution in [2.75, 3.05) is 11.9 Å². The Bertz CT molecular complexity index is 540. The second-order valence-electron chi connectivity index (χ2n) is 4.54. The molecule has 1 atom stereocenters. The normalized spacial score (nSPS) is 12.3. The van der Waals surface area contributed by atoms with Crippen LogP contribution in [0.3, 0.4) is 0 Å². The Kier molecular flexibility index (Phi) is 5.25. The zero-order valence-electron chi connectivity index (χ0n) is 11.7. The lowest BCUT2D eigenvalue weighted by Crippen LogP contribution is -2.27. The topological polar surface area (TPSA) is 83.7 Å². The smallest absolute Gasteiger partial charge is 0.328 e. The molecule has 1 rings (SSSR count). The Morgan fingerprint density at radius 3 is 2.70 bits per heavy atom. The third-order valence-corrected chi connectivity index (χ3v) is 3.27. The van der Waals surface area contributed by atoms with E-state index in [1.165, 1.54) is 12.1 Å². The molecule has 0 saturated carbocycles. The molecule has 1 N–H and O–H groups in total. The Balaban J connectivity index is 3.23. The number of hydrogen-bond donors (Lipinski definition) is 1. The molecule has 1 aromatic rings. The van der Waals surface area contributed by atoms with Crippen LogP contribution >= 0.6 is 0 Å². The molecule has 0 saturated heterocycles. The van der Waals surface area contributed by atoms with Crippen LogP contribution in [0.5, 0.6) is 0 Å². The first-order valence-electron chi connectivity index (χ1n) is 6.29. The molecule has 0 fully saturated rings. The monoisotopic (exact) mass is 278 g/mol. The minimum Gasteiger partial charge on any atom is -0.478 e. The van der Waals surface area contributed by atoms with Gasteiger partial charge in [0.05, 0.1) is 10.5 Å². The molecule has 20 heavy (non-hydrogen) atoms. The fraction of sp³-hybridized carbons (Fsp3) is 0.357. The number of nitro groups is 1. The van der Waals surface area contributed by atoms with E-state index in [0.29, 0.717) is 0 Å². The van der Waals surface area contributed by atoms with Gasteiger partial charge in [-0.25, -0.2) is 4.79 Å². The molecule has 6 nitrogen and oxygen atoms in total. The lowest BCUT2D eigenvalue weighted by molar-refractivity contribution is -0.385. The summed E-state index contributed by atoms with van der Waals surface area (Å²) in [4.78, 5) is 23.0. The molecule has 0 amide bonds. The van der Waals surface area contributed by atoms with Gasteiger partial charge in [-0.3, -0.25) is 10.1 Å². The maximum atomic E-state index is 10.9. The van der Waals surface area contributed by atoms with Crippen LogP contribution in [0.4, 0.5) is 11.4 Å². The van der Waals surface area contributed by atoms with Gasteiger partial charge in [-0.2, -0.15) is 0 Å². The predicted octanol–water partition coefficient (Wildman–Crippen LogP) is 2.93. The van der Waals surface area contributed by atoms with Gasteiger partial charge in [0.2, 0.25) is 0 Å². The van der Waals surface area contributed by atoms with Gasteiger partial charge in [-0.15, -0.1) is 0 Å². The molecule has 0 aliphatic rings. The zero-order chi connectivity index (χ0) is 15.3. The maximum Gasteiger partial charge on any atom is 0.328 e. The van der Waals surface area contributed by atoms with E-state index in [4.69, 9.17) is 5.11 Å². The first-order chi connectivity index (χ1) is 9.36. The number of nitro benzene ring substituents is 1. The highest BCUT2D eigenvalue weighted by Gasteiger charge is 2.15. The third-order valence-electron chi connectivity index (χ3n) is 3.27. The number of anilines is 1. The van der Waals surface area contributed by atoms with E-state index in [-0.39, 0.29) is 17.3 Å². The van der Waals surface area contributed by atoms with E-state index in [9.17, 15) is 14.9 Å². The van der Waals surface area contributed by atoms with E-state index < -0.39 is 10.9 Å². The van der Waals surface area contributed by atoms with Crippen molar-refractivity contribution < 1.29 is 14.8 Å². The average Bonchev–Trinajstić information content (AvgIpc) is 2.42. The van der Waals surface area contributed by atoms with E-state index in [1.54, 1.807) is 12.1 Å². The van der Waals surface area contributed by atoms with Crippen LogP contribution in [0, 0.1) is 10.1 Å². The maximum absolute atomic E-state index is 10.9. The third kappa shape index (κ3) is 3.81. The van der Waals surface area contributed by atoms with Gasteiger partial charge in [0.25, 0.3) is 5.69 Å². The Morgan fingerprint density at radius 1 is 1.55 bits per heavy atom. The molecule has 1 aromatic carbocycles. The summed E-state index contributed by atoms with van der Waals surface area (Å²) in [7, 11) is 1.90. The van der Waals surface area contributed by atoms with Crippen LogP contribution in [0.25, 0.3) is 6.08 Å². The summed E-state index contributed by atoms with van der Waals surface area (Å²) in [6, 6.07) is 4.98. The molecule has 1 unspecified atom stereocenters. The molecule has 0 heterocycles. The van der Waals surface area contributed by atoms with Crippen molar-refractivity contribution in [2.45, 2.75) is 26.3 Å². The summed E-state index contributed by atoms with van der Waals surface area (Å²) in [5, 5.41) is 19.6. The van der Waals surface area contributed by atoms with Crippen molar-refractivity contribution in [3.63, 3.8) is 0 Å². The Morgan fingerprint density at radius 2 is 2.20 bits per heavy atom. The van der Waals surface area contributed by atoms with Crippen molar-refractivity contribution in [1.82, 2.24) is 0 Å². The van der Waals surface area contributed by atoms with E-state index >= 15 is 0 Å². The van der Waals surface area contributed by atoms with Crippen LogP contribution in [-0.2, 0) is 4.79 Å². The fourth-order valence-corrected chi connectivity index (χ4v) is 1.75. The largest absolute Gasteiger partial charge is 0.478 e. The summed E-state index contributed by atoms with van der Waals surface area (Å²) in [6.07, 6.45) is 3.08. The first kappa shape index (κ1) is 15.7. The average molecular weight is 278 g/mol. The summed E-state index contributed by atoms with van der Waals surface area (Å²) >= 11 is 0. The fourth-order valence-electron chi connectivity index (χ4n) is 1.75. The SMILES string of the molecule is CCC(C)N(C)c1ccc([N+](=O)[O-])c(/C=C/C(=O)O)c1. The van der Waals surface area contributed by atoms with Gasteiger partial charge in [0.15, 0.2) is 0 Å². The number of carboxylic acid groups (broad SMARTS) is 1. The summed E-state index contributed by atoms with van der Waals surface area (Å²) in [5.74, 6) is -1.14. The highest BCUT2D eigenvalue weighted by molar-refractivity contribution is 5.86. The molecule has 6 heteroatoms. The minimum atomic E-state index is -1.14. The molecule has 0 aliphatic heterocycles. The van der Waals surface area contributed by atoms with Gasteiger partial charge in [-0.05, 0) is 31.6 Å². The summed E-state index contributed by atoms with van der Waals surface area (Å²) < 4.78 is 0. The van der Waals surface area contributed by atoms with Crippen LogP contribution in [0.2, 0.25) is 0 Å². The summed E-state index contributed by atoms with van der Waals surface area (Å²) in [6.45, 7) is 4.10. The molecule has 0 aromatic heterocycles. The van der Waals surface area contributed by atoms with Crippen LogP contribution in [-0.4, -0.2) is 29.1 Å². The van der Waals surface area contributed by atoms with Crippen LogP contribution in [0.1, 0.15) is 25.8 Å². The number of carbonyl (C=O) groups is 1. The predicted molar refractivity (Wildman–Crippen MR) is 77.9 cm³/mol. The highest BCUT2D eigenvalue weighted by atomic mass is 16.6. The van der Waals surface area contributed by atoms with E-state index in [2.05, 4.69) is 6.92 Å². The lowest BCUT2D eigenvalue weighted by Gasteiger charge is -2.26. The second-order valence-corrected chi connectivity index (χ2v) is 4.54. The molecular weight excluding hydrogens is 260 g/mol. The lowest BCUT2D eigenvalue weighted by atomic mass is 10.1. The molecule has 0 spiro atoms. The number of rotatable bonds is 6. The quantitative estimate of drug-likeness (QED) is 0.491. The molecule has 108 valence electrons. The van der Waals surface area contributed by atoms with Crippen LogP contribution in [0.15, 0.2) is 24.3 Å². The van der Waals surface area contributed by atoms with E-state index in [1.807, 2.05) is 18.9 Å². The van der Waals surface area contributed by atoms with Crippen molar-refractivity contribution in [2.24, 2.45) is 0 Å². The van der Waals surface area contributed by atoms with Gasteiger partial charge in [0, 0.05) is 30.9 Å². The molecule has 0 bridgehead atoms. The number of benzene rings is 1. The Hall–Kier alpha value is -2.37. The first-order valence-corrected chi connectivity index (χ1v) is 6.29. The van der Waals surface area contributed by atoms with Crippen molar-refractivity contribution in [3.8, 4) is 0 Å². The van der Waals surface area contributed by atoms with Crippen LogP contribution < -0.4 is 4.90 Å². The molecule has 0 aliphatic carbocycles. The number of aliphatic carboxylic acids is 1. The highest BCUT2D eigenvalue weighted by Crippen LogP contribution is 2.27. The van der Waals surface area contributed by atoms with Crippen molar-refractivity contribution in [1.29, 1.82) is 0 Å². The van der Waals surface area contributed by atoms with Gasteiger partial charge >= 0.3 is 5.97 Å². The minimum absolute atomic E-state index is 0.108. The van der Waals surface area contributed by atoms with Gasteiger partial charge < -0.3 is 10.0 Å². The van der Waals surface area contributed by atoms with Crippen molar-refractivity contribution >= 4 is 23.4 Å². The standard InChI is InChI=1S/C14H18N2O4/c1-4-10(2)15(3)12-6-7-13(16(19)20)11(9-12)5-8-14(17)18/h5-10H,4H2,1-3H3,(H,17,18)/b8-5+. The number of hydrogen-bond acceptors (Lipinski definition) is 4.